The highest BCUT2D eigenvalue weighted by Gasteiger charge is 2.25. The van der Waals surface area contributed by atoms with Crippen molar-refractivity contribution in [2.24, 2.45) is 0 Å². The number of ether oxygens (including phenoxy) is 1. The number of pyridine rings is 1. The standard InChI is InChI=1S/C18H18N2O2/c1-18(2,3)22-17(21)16-15(13-9-5-4-6-10-13)19-14-11-7-8-12-20(14)16/h4-12H,1-3H3. The van der Waals surface area contributed by atoms with Crippen molar-refractivity contribution in [3.8, 4) is 11.3 Å². The smallest absolute Gasteiger partial charge is 0.358 e. The Morgan fingerprint density at radius 2 is 1.73 bits per heavy atom. The molecule has 0 fully saturated rings. The lowest BCUT2D eigenvalue weighted by Crippen LogP contribution is -2.25. The first-order chi connectivity index (χ1) is 10.5. The number of aromatic nitrogens is 2. The minimum atomic E-state index is -0.552. The summed E-state index contributed by atoms with van der Waals surface area (Å²) >= 11 is 0. The van der Waals surface area contributed by atoms with Gasteiger partial charge in [0, 0.05) is 11.8 Å². The second kappa shape index (κ2) is 5.30. The van der Waals surface area contributed by atoms with Crippen LogP contribution in [0.25, 0.3) is 16.9 Å². The van der Waals surface area contributed by atoms with Gasteiger partial charge in [-0.3, -0.25) is 4.40 Å². The minimum absolute atomic E-state index is 0.370. The zero-order valence-corrected chi connectivity index (χ0v) is 12.9. The lowest BCUT2D eigenvalue weighted by Gasteiger charge is -2.19. The average Bonchev–Trinajstić information content (AvgIpc) is 2.86. The molecule has 0 aliphatic rings. The minimum Gasteiger partial charge on any atom is -0.455 e. The second-order valence-corrected chi connectivity index (χ2v) is 6.11. The highest BCUT2D eigenvalue weighted by atomic mass is 16.6. The van der Waals surface area contributed by atoms with Gasteiger partial charge >= 0.3 is 5.97 Å². The summed E-state index contributed by atoms with van der Waals surface area (Å²) < 4.78 is 7.33. The van der Waals surface area contributed by atoms with Gasteiger partial charge in [-0.25, -0.2) is 9.78 Å². The van der Waals surface area contributed by atoms with Crippen LogP contribution in [-0.4, -0.2) is 21.0 Å². The molecule has 0 radical (unpaired) electrons. The Kier molecular flexibility index (Phi) is 3.45. The van der Waals surface area contributed by atoms with Crippen molar-refractivity contribution in [3.05, 3.63) is 60.4 Å². The van der Waals surface area contributed by atoms with Gasteiger partial charge in [0.15, 0.2) is 5.69 Å². The largest absolute Gasteiger partial charge is 0.455 e. The van der Waals surface area contributed by atoms with Crippen LogP contribution >= 0.6 is 0 Å². The number of nitrogens with zero attached hydrogens (tertiary/aromatic N) is 2. The van der Waals surface area contributed by atoms with Crippen molar-refractivity contribution >= 4 is 11.6 Å². The van der Waals surface area contributed by atoms with E-state index in [9.17, 15) is 4.79 Å². The van der Waals surface area contributed by atoms with Gasteiger partial charge in [0.05, 0.1) is 0 Å². The Morgan fingerprint density at radius 1 is 1.05 bits per heavy atom. The summed E-state index contributed by atoms with van der Waals surface area (Å²) in [6.45, 7) is 5.57. The fourth-order valence-electron chi connectivity index (χ4n) is 2.31. The lowest BCUT2D eigenvalue weighted by molar-refractivity contribution is 0.00627. The Hall–Kier alpha value is -2.62. The Balaban J connectivity index is 2.20. The summed E-state index contributed by atoms with van der Waals surface area (Å²) in [6, 6.07) is 15.3. The van der Waals surface area contributed by atoms with Crippen LogP contribution in [0.2, 0.25) is 0 Å². The van der Waals surface area contributed by atoms with E-state index in [1.807, 2.05) is 75.5 Å². The number of fused-ring (bicyclic) bond motifs is 1. The maximum Gasteiger partial charge on any atom is 0.358 e. The molecule has 22 heavy (non-hydrogen) atoms. The van der Waals surface area contributed by atoms with E-state index in [1.54, 1.807) is 4.40 Å². The van der Waals surface area contributed by atoms with Crippen LogP contribution in [0.4, 0.5) is 0 Å². The molecule has 0 spiro atoms. The molecule has 4 heteroatoms. The predicted octanol–water partition coefficient (Wildman–Crippen LogP) is 3.96. The molecule has 0 unspecified atom stereocenters. The maximum absolute atomic E-state index is 12.6. The van der Waals surface area contributed by atoms with Crippen LogP contribution in [0, 0.1) is 0 Å². The third kappa shape index (κ3) is 2.72. The summed E-state index contributed by atoms with van der Waals surface area (Å²) in [5.41, 5.74) is 2.16. The SMILES string of the molecule is CC(C)(C)OC(=O)c1c(-c2ccccc2)nc2ccccn12. The Morgan fingerprint density at radius 3 is 2.41 bits per heavy atom. The topological polar surface area (TPSA) is 43.6 Å². The predicted molar refractivity (Wildman–Crippen MR) is 85.8 cm³/mol. The normalized spacial score (nSPS) is 11.6. The van der Waals surface area contributed by atoms with Gasteiger partial charge < -0.3 is 4.74 Å². The molecule has 0 atom stereocenters. The van der Waals surface area contributed by atoms with Crippen LogP contribution in [0.15, 0.2) is 54.7 Å². The third-order valence-electron chi connectivity index (χ3n) is 3.17. The summed E-state index contributed by atoms with van der Waals surface area (Å²) in [6.07, 6.45) is 1.83. The van der Waals surface area contributed by atoms with Crippen LogP contribution < -0.4 is 0 Å². The van der Waals surface area contributed by atoms with Crippen LogP contribution in [-0.2, 0) is 4.74 Å². The first-order valence-corrected chi connectivity index (χ1v) is 7.21. The van der Waals surface area contributed by atoms with Crippen molar-refractivity contribution in [2.75, 3.05) is 0 Å². The third-order valence-corrected chi connectivity index (χ3v) is 3.17. The van der Waals surface area contributed by atoms with Gasteiger partial charge in [0.1, 0.15) is 16.9 Å². The summed E-state index contributed by atoms with van der Waals surface area (Å²) in [5, 5.41) is 0. The van der Waals surface area contributed by atoms with E-state index in [0.29, 0.717) is 11.4 Å². The van der Waals surface area contributed by atoms with E-state index in [1.165, 1.54) is 0 Å². The van der Waals surface area contributed by atoms with Gasteiger partial charge in [-0.2, -0.15) is 0 Å². The molecule has 0 aliphatic heterocycles. The van der Waals surface area contributed by atoms with Crippen LogP contribution in [0.1, 0.15) is 31.3 Å². The van der Waals surface area contributed by atoms with Gasteiger partial charge in [0.25, 0.3) is 0 Å². The molecule has 0 amide bonds. The van der Waals surface area contributed by atoms with Crippen molar-refractivity contribution in [1.82, 2.24) is 9.38 Å². The van der Waals surface area contributed by atoms with Gasteiger partial charge in [-0.1, -0.05) is 36.4 Å². The molecule has 1 aromatic carbocycles. The second-order valence-electron chi connectivity index (χ2n) is 6.11. The number of carbonyl (C=O) groups excluding carboxylic acids is 1. The van der Waals surface area contributed by atoms with E-state index in [4.69, 9.17) is 4.74 Å². The number of hydrogen-bond acceptors (Lipinski definition) is 3. The highest BCUT2D eigenvalue weighted by molar-refractivity contribution is 5.96. The molecule has 0 N–H and O–H groups in total. The molecular weight excluding hydrogens is 276 g/mol. The fourth-order valence-corrected chi connectivity index (χ4v) is 2.31. The number of imidazole rings is 1. The molecule has 0 saturated heterocycles. The number of carbonyl (C=O) groups is 1. The number of rotatable bonds is 2. The van der Waals surface area contributed by atoms with E-state index in [0.717, 1.165) is 11.2 Å². The molecular formula is C18H18N2O2. The van der Waals surface area contributed by atoms with Crippen molar-refractivity contribution < 1.29 is 9.53 Å². The van der Waals surface area contributed by atoms with Gasteiger partial charge in [-0.05, 0) is 32.9 Å². The molecule has 0 aliphatic carbocycles. The molecule has 4 nitrogen and oxygen atoms in total. The van der Waals surface area contributed by atoms with E-state index >= 15 is 0 Å². The van der Waals surface area contributed by atoms with Crippen molar-refractivity contribution in [1.29, 1.82) is 0 Å². The Labute approximate surface area is 129 Å². The maximum atomic E-state index is 12.6. The van der Waals surface area contributed by atoms with Gasteiger partial charge in [0.2, 0.25) is 0 Å². The molecule has 2 aromatic heterocycles. The molecule has 3 rings (SSSR count). The van der Waals surface area contributed by atoms with E-state index in [-0.39, 0.29) is 5.97 Å². The fraction of sp³-hybridized carbons (Fsp3) is 0.222. The molecule has 112 valence electrons. The first kappa shape index (κ1) is 14.3. The molecule has 3 aromatic rings. The van der Waals surface area contributed by atoms with E-state index < -0.39 is 5.60 Å². The van der Waals surface area contributed by atoms with Crippen molar-refractivity contribution in [3.63, 3.8) is 0 Å². The monoisotopic (exact) mass is 294 g/mol. The number of esters is 1. The molecule has 0 bridgehead atoms. The zero-order chi connectivity index (χ0) is 15.7. The van der Waals surface area contributed by atoms with E-state index in [2.05, 4.69) is 4.98 Å². The number of benzene rings is 1. The van der Waals surface area contributed by atoms with Gasteiger partial charge in [-0.15, -0.1) is 0 Å². The van der Waals surface area contributed by atoms with Crippen molar-refractivity contribution in [2.45, 2.75) is 26.4 Å². The molecule has 0 saturated carbocycles. The summed E-state index contributed by atoms with van der Waals surface area (Å²) in [7, 11) is 0. The zero-order valence-electron chi connectivity index (χ0n) is 12.9. The first-order valence-electron chi connectivity index (χ1n) is 7.21. The quantitative estimate of drug-likeness (QED) is 0.672. The number of hydrogen-bond donors (Lipinski definition) is 0. The average molecular weight is 294 g/mol. The molecule has 2 heterocycles. The summed E-state index contributed by atoms with van der Waals surface area (Å²) in [5.74, 6) is -0.370. The summed E-state index contributed by atoms with van der Waals surface area (Å²) in [4.78, 5) is 17.2. The lowest BCUT2D eigenvalue weighted by atomic mass is 10.1. The van der Waals surface area contributed by atoms with Crippen LogP contribution in [0.5, 0.6) is 0 Å². The Bertz CT molecular complexity index is 814. The van der Waals surface area contributed by atoms with Crippen LogP contribution in [0.3, 0.4) is 0 Å². The highest BCUT2D eigenvalue weighted by Crippen LogP contribution is 2.26.